The van der Waals surface area contributed by atoms with E-state index in [-0.39, 0.29) is 23.7 Å². The lowest BCUT2D eigenvalue weighted by Crippen LogP contribution is -2.25. The number of aromatic nitrogens is 7. The van der Waals surface area contributed by atoms with Gasteiger partial charge >= 0.3 is 0 Å². The van der Waals surface area contributed by atoms with E-state index in [4.69, 9.17) is 0 Å². The summed E-state index contributed by atoms with van der Waals surface area (Å²) in [6, 6.07) is 6.79. The molecule has 0 saturated heterocycles. The van der Waals surface area contributed by atoms with Crippen LogP contribution in [-0.2, 0) is 6.54 Å². The summed E-state index contributed by atoms with van der Waals surface area (Å²) in [5, 5.41) is 14.4. The minimum Gasteiger partial charge on any atom is -0.346 e. The van der Waals surface area contributed by atoms with Crippen LogP contribution in [0.4, 0.5) is 4.39 Å². The topological polar surface area (TPSA) is 111 Å². The van der Waals surface area contributed by atoms with Crippen molar-refractivity contribution in [3.8, 4) is 16.9 Å². The van der Waals surface area contributed by atoms with Gasteiger partial charge in [-0.3, -0.25) is 19.7 Å². The van der Waals surface area contributed by atoms with Crippen molar-refractivity contribution in [2.45, 2.75) is 40.2 Å². The average molecular weight is 446 g/mol. The Morgan fingerprint density at radius 2 is 1.91 bits per heavy atom. The van der Waals surface area contributed by atoms with Gasteiger partial charge in [-0.2, -0.15) is 4.68 Å². The van der Waals surface area contributed by atoms with Crippen molar-refractivity contribution in [2.24, 2.45) is 0 Å². The monoisotopic (exact) mass is 446 g/mol. The number of nitrogens with zero attached hydrogens (tertiary/aromatic N) is 7. The molecule has 168 valence electrons. The zero-order chi connectivity index (χ0) is 23.5. The molecule has 1 N–H and O–H groups in total. The molecule has 10 heteroatoms. The Hall–Kier alpha value is -4.08. The van der Waals surface area contributed by atoms with Crippen LogP contribution in [-0.4, -0.2) is 41.1 Å². The molecule has 0 bridgehead atoms. The van der Waals surface area contributed by atoms with Crippen LogP contribution >= 0.6 is 0 Å². The van der Waals surface area contributed by atoms with E-state index in [2.05, 4.69) is 35.8 Å². The molecule has 0 unspecified atom stereocenters. The third-order valence-electron chi connectivity index (χ3n) is 5.01. The smallest absolute Gasteiger partial charge is 0.254 e. The SMILES string of the molecule is Cc1ccc(-c2cc(C(=O)NCc3cnc(C)cn3)c(F)c(-n3nnnc3C(C)C)c2)nc1. The van der Waals surface area contributed by atoms with E-state index >= 15 is 4.39 Å². The summed E-state index contributed by atoms with van der Waals surface area (Å²) in [4.78, 5) is 25.8. The molecule has 0 aliphatic rings. The molecule has 4 aromatic rings. The quantitative estimate of drug-likeness (QED) is 0.484. The van der Waals surface area contributed by atoms with Gasteiger partial charge < -0.3 is 5.32 Å². The molecule has 33 heavy (non-hydrogen) atoms. The Kier molecular flexibility index (Phi) is 6.16. The minimum atomic E-state index is -0.729. The molecule has 0 saturated carbocycles. The van der Waals surface area contributed by atoms with Gasteiger partial charge in [-0.15, -0.1) is 5.10 Å². The molecule has 9 nitrogen and oxygen atoms in total. The van der Waals surface area contributed by atoms with Gasteiger partial charge in [-0.05, 0) is 48.0 Å². The fourth-order valence-corrected chi connectivity index (χ4v) is 3.22. The Morgan fingerprint density at radius 1 is 1.09 bits per heavy atom. The lowest BCUT2D eigenvalue weighted by molar-refractivity contribution is 0.0946. The van der Waals surface area contributed by atoms with Crippen molar-refractivity contribution in [3.63, 3.8) is 0 Å². The van der Waals surface area contributed by atoms with Gasteiger partial charge in [0.05, 0.1) is 35.4 Å². The predicted octanol–water partition coefficient (Wildman–Crippen LogP) is 3.32. The maximum absolute atomic E-state index is 15.6. The summed E-state index contributed by atoms with van der Waals surface area (Å²) in [6.45, 7) is 7.66. The molecule has 4 rings (SSSR count). The molecule has 0 aliphatic heterocycles. The molecule has 3 heterocycles. The third-order valence-corrected chi connectivity index (χ3v) is 5.01. The fourth-order valence-electron chi connectivity index (χ4n) is 3.22. The van der Waals surface area contributed by atoms with Crippen LogP contribution in [0.1, 0.15) is 52.9 Å². The summed E-state index contributed by atoms with van der Waals surface area (Å²) < 4.78 is 17.0. The Balaban J connectivity index is 1.77. The van der Waals surface area contributed by atoms with Crippen molar-refractivity contribution in [2.75, 3.05) is 0 Å². The molecule has 3 aromatic heterocycles. The maximum atomic E-state index is 15.6. The predicted molar refractivity (Wildman–Crippen MR) is 119 cm³/mol. The molecular weight excluding hydrogens is 423 g/mol. The summed E-state index contributed by atoms with van der Waals surface area (Å²) in [7, 11) is 0. The number of carbonyl (C=O) groups excluding carboxylic acids is 1. The Bertz CT molecular complexity index is 1280. The van der Waals surface area contributed by atoms with Crippen LogP contribution in [0.5, 0.6) is 0 Å². The number of amides is 1. The molecule has 1 amide bonds. The summed E-state index contributed by atoms with van der Waals surface area (Å²) in [5.41, 5.74) is 3.41. The third kappa shape index (κ3) is 4.74. The molecule has 0 atom stereocenters. The number of aryl methyl sites for hydroxylation is 2. The van der Waals surface area contributed by atoms with Crippen molar-refractivity contribution >= 4 is 5.91 Å². The standard InChI is InChI=1S/C23H23FN8O/c1-13(2)22-29-30-31-32(22)20-8-16(19-6-5-14(3)9-27-19)7-18(21(20)24)23(33)28-12-17-11-25-15(4)10-26-17/h5-11,13H,12H2,1-4H3,(H,28,33). The van der Waals surface area contributed by atoms with Gasteiger partial charge in [-0.25, -0.2) is 4.39 Å². The summed E-state index contributed by atoms with van der Waals surface area (Å²) >= 11 is 0. The first-order valence-corrected chi connectivity index (χ1v) is 10.4. The molecular formula is C23H23FN8O. The zero-order valence-corrected chi connectivity index (χ0v) is 18.7. The molecule has 0 spiro atoms. The average Bonchev–Trinajstić information content (AvgIpc) is 3.29. The molecule has 0 aliphatic carbocycles. The second-order valence-corrected chi connectivity index (χ2v) is 8.01. The second kappa shape index (κ2) is 9.19. The highest BCUT2D eigenvalue weighted by molar-refractivity contribution is 5.96. The van der Waals surface area contributed by atoms with Crippen molar-refractivity contribution in [1.82, 2.24) is 40.5 Å². The largest absolute Gasteiger partial charge is 0.346 e. The van der Waals surface area contributed by atoms with Crippen LogP contribution in [0.2, 0.25) is 0 Å². The first-order chi connectivity index (χ1) is 15.8. The molecule has 1 aromatic carbocycles. The maximum Gasteiger partial charge on any atom is 0.254 e. The lowest BCUT2D eigenvalue weighted by atomic mass is 10.0. The van der Waals surface area contributed by atoms with Gasteiger partial charge in [-0.1, -0.05) is 19.9 Å². The van der Waals surface area contributed by atoms with Gasteiger partial charge in [0.1, 0.15) is 5.69 Å². The van der Waals surface area contributed by atoms with Gasteiger partial charge in [0.2, 0.25) is 0 Å². The number of halogens is 1. The Labute approximate surface area is 190 Å². The van der Waals surface area contributed by atoms with Gasteiger partial charge in [0.25, 0.3) is 5.91 Å². The van der Waals surface area contributed by atoms with E-state index in [1.807, 2.05) is 39.8 Å². The lowest BCUT2D eigenvalue weighted by Gasteiger charge is -2.14. The first kappa shape index (κ1) is 22.1. The minimum absolute atomic E-state index is 0.0575. The van der Waals surface area contributed by atoms with Crippen molar-refractivity contribution in [1.29, 1.82) is 0 Å². The van der Waals surface area contributed by atoms with Crippen LogP contribution < -0.4 is 5.32 Å². The highest BCUT2D eigenvalue weighted by atomic mass is 19.1. The van der Waals surface area contributed by atoms with E-state index in [9.17, 15) is 4.79 Å². The van der Waals surface area contributed by atoms with E-state index in [0.717, 1.165) is 11.3 Å². The normalized spacial score (nSPS) is 11.1. The number of rotatable bonds is 6. The second-order valence-electron chi connectivity index (χ2n) is 8.01. The van der Waals surface area contributed by atoms with Gasteiger partial charge in [0, 0.05) is 23.9 Å². The van der Waals surface area contributed by atoms with E-state index in [1.54, 1.807) is 24.7 Å². The number of hydrogen-bond donors (Lipinski definition) is 1. The molecule has 0 fully saturated rings. The number of tetrazole rings is 1. The Morgan fingerprint density at radius 3 is 2.58 bits per heavy atom. The highest BCUT2D eigenvalue weighted by Gasteiger charge is 2.23. The highest BCUT2D eigenvalue weighted by Crippen LogP contribution is 2.28. The van der Waals surface area contributed by atoms with E-state index in [0.29, 0.717) is 22.8 Å². The van der Waals surface area contributed by atoms with Crippen LogP contribution in [0, 0.1) is 19.7 Å². The van der Waals surface area contributed by atoms with Crippen LogP contribution in [0.3, 0.4) is 0 Å². The summed E-state index contributed by atoms with van der Waals surface area (Å²) in [6.07, 6.45) is 4.89. The number of pyridine rings is 1. The number of hydrogen-bond acceptors (Lipinski definition) is 7. The molecule has 0 radical (unpaired) electrons. The fraction of sp³-hybridized carbons (Fsp3) is 0.261. The van der Waals surface area contributed by atoms with Gasteiger partial charge in [0.15, 0.2) is 11.6 Å². The van der Waals surface area contributed by atoms with Crippen LogP contribution in [0.15, 0.2) is 42.9 Å². The van der Waals surface area contributed by atoms with E-state index in [1.165, 1.54) is 10.7 Å². The number of carbonyl (C=O) groups is 1. The zero-order valence-electron chi connectivity index (χ0n) is 18.7. The van der Waals surface area contributed by atoms with Crippen molar-refractivity contribution < 1.29 is 9.18 Å². The first-order valence-electron chi connectivity index (χ1n) is 10.4. The number of nitrogens with one attached hydrogen (secondary N) is 1. The summed E-state index contributed by atoms with van der Waals surface area (Å²) in [5.74, 6) is -0.904. The number of benzene rings is 1. The van der Waals surface area contributed by atoms with E-state index < -0.39 is 11.7 Å². The van der Waals surface area contributed by atoms with Crippen molar-refractivity contribution in [3.05, 3.63) is 77.0 Å². The van der Waals surface area contributed by atoms with Crippen LogP contribution in [0.25, 0.3) is 16.9 Å².